The van der Waals surface area contributed by atoms with Crippen molar-refractivity contribution in [2.24, 2.45) is 0 Å². The lowest BCUT2D eigenvalue weighted by Gasteiger charge is -2.21. The minimum absolute atomic E-state index is 0.129. The molecule has 0 spiro atoms. The number of ketones is 1. The highest BCUT2D eigenvalue weighted by molar-refractivity contribution is 5.80. The van der Waals surface area contributed by atoms with Gasteiger partial charge in [0.25, 0.3) is 0 Å². The average molecular weight is 269 g/mol. The van der Waals surface area contributed by atoms with Gasteiger partial charge in [-0.05, 0) is 27.7 Å². The molecule has 0 N–H and O–H groups in total. The monoisotopic (exact) mass is 269 g/mol. The van der Waals surface area contributed by atoms with E-state index in [0.717, 1.165) is 17.9 Å². The SMILES string of the molecule is CC.CC.CCN(C)c1c(C)cnn1C(C)C(C)=O. The molecule has 19 heavy (non-hydrogen) atoms. The van der Waals surface area contributed by atoms with E-state index in [-0.39, 0.29) is 11.8 Å². The number of Topliss-reactive ketones (excluding diaryl/α,β-unsaturated/α-hetero) is 1. The number of hydrogen-bond acceptors (Lipinski definition) is 3. The van der Waals surface area contributed by atoms with Crippen LogP contribution in [0, 0.1) is 6.92 Å². The highest BCUT2D eigenvalue weighted by Crippen LogP contribution is 2.22. The summed E-state index contributed by atoms with van der Waals surface area (Å²) >= 11 is 0. The summed E-state index contributed by atoms with van der Waals surface area (Å²) in [5, 5.41) is 4.26. The van der Waals surface area contributed by atoms with Gasteiger partial charge in [0.2, 0.25) is 0 Å². The molecule has 1 rings (SSSR count). The number of nitrogens with zero attached hydrogens (tertiary/aromatic N) is 3. The fraction of sp³-hybridized carbons (Fsp3) is 0.733. The fourth-order valence-electron chi connectivity index (χ4n) is 1.52. The highest BCUT2D eigenvalue weighted by Gasteiger charge is 2.18. The molecule has 112 valence electrons. The second-order valence-corrected chi connectivity index (χ2v) is 3.90. The van der Waals surface area contributed by atoms with Crippen LogP contribution in [0.25, 0.3) is 0 Å². The van der Waals surface area contributed by atoms with Crippen molar-refractivity contribution in [1.82, 2.24) is 9.78 Å². The first-order valence-corrected chi connectivity index (χ1v) is 7.24. The smallest absolute Gasteiger partial charge is 0.154 e. The number of rotatable bonds is 4. The summed E-state index contributed by atoms with van der Waals surface area (Å²) in [7, 11) is 2.01. The van der Waals surface area contributed by atoms with Gasteiger partial charge in [-0.15, -0.1) is 0 Å². The van der Waals surface area contributed by atoms with E-state index < -0.39 is 0 Å². The van der Waals surface area contributed by atoms with Crippen molar-refractivity contribution in [3.05, 3.63) is 11.8 Å². The van der Waals surface area contributed by atoms with Crippen LogP contribution in [0.1, 0.15) is 60.1 Å². The first-order chi connectivity index (χ1) is 8.99. The van der Waals surface area contributed by atoms with E-state index in [9.17, 15) is 4.79 Å². The molecule has 1 heterocycles. The molecule has 1 aromatic heterocycles. The Labute approximate surface area is 118 Å². The summed E-state index contributed by atoms with van der Waals surface area (Å²) in [5.41, 5.74) is 1.10. The van der Waals surface area contributed by atoms with Crippen LogP contribution in [0.5, 0.6) is 0 Å². The van der Waals surface area contributed by atoms with E-state index in [0.29, 0.717) is 0 Å². The summed E-state index contributed by atoms with van der Waals surface area (Å²) in [6.07, 6.45) is 1.81. The minimum atomic E-state index is -0.192. The molecule has 0 amide bonds. The summed E-state index contributed by atoms with van der Waals surface area (Å²) < 4.78 is 1.79. The third-order valence-corrected chi connectivity index (χ3v) is 2.74. The minimum Gasteiger partial charge on any atom is -0.360 e. The van der Waals surface area contributed by atoms with Crippen LogP contribution in [0.15, 0.2) is 6.20 Å². The number of hydrogen-bond donors (Lipinski definition) is 0. The van der Waals surface area contributed by atoms with Gasteiger partial charge in [0.1, 0.15) is 11.9 Å². The number of carbonyl (C=O) groups is 1. The van der Waals surface area contributed by atoms with Crippen LogP contribution >= 0.6 is 0 Å². The van der Waals surface area contributed by atoms with Gasteiger partial charge < -0.3 is 4.90 Å². The zero-order valence-electron chi connectivity index (χ0n) is 14.1. The first kappa shape index (κ1) is 20.0. The highest BCUT2D eigenvalue weighted by atomic mass is 16.1. The predicted molar refractivity (Wildman–Crippen MR) is 84.0 cm³/mol. The normalized spacial score (nSPS) is 10.6. The van der Waals surface area contributed by atoms with E-state index in [2.05, 4.69) is 16.9 Å². The standard InChI is InChI=1S/C11H19N3O.2C2H6/c1-6-13(5)11-8(2)7-12-14(11)9(3)10(4)15;2*1-2/h7,9H,6H2,1-5H3;2*1-2H3. The fourth-order valence-corrected chi connectivity index (χ4v) is 1.52. The van der Waals surface area contributed by atoms with E-state index in [1.807, 2.05) is 48.6 Å². The Morgan fingerprint density at radius 3 is 2.21 bits per heavy atom. The maximum atomic E-state index is 11.3. The predicted octanol–water partition coefficient (Wildman–Crippen LogP) is 3.85. The van der Waals surface area contributed by atoms with E-state index in [1.165, 1.54) is 0 Å². The van der Waals surface area contributed by atoms with Gasteiger partial charge in [-0.25, -0.2) is 4.68 Å². The molecule has 1 atom stereocenters. The number of anilines is 1. The van der Waals surface area contributed by atoms with Crippen molar-refractivity contribution in [1.29, 1.82) is 0 Å². The maximum Gasteiger partial charge on any atom is 0.154 e. The van der Waals surface area contributed by atoms with Gasteiger partial charge in [-0.3, -0.25) is 4.79 Å². The zero-order valence-corrected chi connectivity index (χ0v) is 14.1. The Morgan fingerprint density at radius 2 is 1.84 bits per heavy atom. The average Bonchev–Trinajstić information content (AvgIpc) is 2.83. The Morgan fingerprint density at radius 1 is 1.37 bits per heavy atom. The third kappa shape index (κ3) is 5.45. The Kier molecular flexibility index (Phi) is 11.1. The maximum absolute atomic E-state index is 11.3. The molecule has 0 saturated carbocycles. The Bertz CT molecular complexity index is 358. The van der Waals surface area contributed by atoms with Gasteiger partial charge in [-0.2, -0.15) is 5.10 Å². The molecule has 0 saturated heterocycles. The van der Waals surface area contributed by atoms with Crippen molar-refractivity contribution in [2.45, 2.75) is 61.4 Å². The number of carbonyl (C=O) groups excluding carboxylic acids is 1. The molecule has 0 aromatic carbocycles. The Balaban J connectivity index is 0. The molecule has 0 aliphatic carbocycles. The second-order valence-electron chi connectivity index (χ2n) is 3.90. The van der Waals surface area contributed by atoms with Crippen LogP contribution in [0.4, 0.5) is 5.82 Å². The molecule has 0 radical (unpaired) electrons. The zero-order chi connectivity index (χ0) is 15.6. The lowest BCUT2D eigenvalue weighted by molar-refractivity contribution is -0.119. The van der Waals surface area contributed by atoms with Crippen LogP contribution in [-0.4, -0.2) is 29.2 Å². The molecule has 0 bridgehead atoms. The van der Waals surface area contributed by atoms with Crippen molar-refractivity contribution in [3.63, 3.8) is 0 Å². The van der Waals surface area contributed by atoms with Crippen molar-refractivity contribution in [2.75, 3.05) is 18.5 Å². The molecule has 0 aliphatic rings. The summed E-state index contributed by atoms with van der Waals surface area (Å²) in [5.74, 6) is 1.16. The van der Waals surface area contributed by atoms with Gasteiger partial charge in [0, 0.05) is 19.2 Å². The molecule has 4 nitrogen and oxygen atoms in total. The number of aromatic nitrogens is 2. The Hall–Kier alpha value is -1.32. The van der Waals surface area contributed by atoms with Crippen LogP contribution in [0.3, 0.4) is 0 Å². The van der Waals surface area contributed by atoms with E-state index in [4.69, 9.17) is 0 Å². The van der Waals surface area contributed by atoms with Crippen molar-refractivity contribution in [3.8, 4) is 0 Å². The molecule has 1 aromatic rings. The van der Waals surface area contributed by atoms with Crippen molar-refractivity contribution < 1.29 is 4.79 Å². The van der Waals surface area contributed by atoms with Crippen LogP contribution < -0.4 is 4.90 Å². The summed E-state index contributed by atoms with van der Waals surface area (Å²) in [6, 6.07) is -0.192. The topological polar surface area (TPSA) is 38.1 Å². The number of aryl methyl sites for hydroxylation is 1. The molecular weight excluding hydrogens is 238 g/mol. The lowest BCUT2D eigenvalue weighted by atomic mass is 10.2. The molecule has 4 heteroatoms. The third-order valence-electron chi connectivity index (χ3n) is 2.74. The van der Waals surface area contributed by atoms with Gasteiger partial charge >= 0.3 is 0 Å². The quantitative estimate of drug-likeness (QED) is 0.833. The second kappa shape index (κ2) is 10.6. The molecular formula is C15H31N3O. The van der Waals surface area contributed by atoms with Gasteiger partial charge in [-0.1, -0.05) is 27.7 Å². The molecule has 1 unspecified atom stereocenters. The molecule has 0 aliphatic heterocycles. The summed E-state index contributed by atoms with van der Waals surface area (Å²) in [6.45, 7) is 16.5. The largest absolute Gasteiger partial charge is 0.360 e. The van der Waals surface area contributed by atoms with Crippen LogP contribution in [0.2, 0.25) is 0 Å². The van der Waals surface area contributed by atoms with Gasteiger partial charge in [0.15, 0.2) is 5.78 Å². The van der Waals surface area contributed by atoms with Crippen molar-refractivity contribution >= 4 is 11.6 Å². The van der Waals surface area contributed by atoms with E-state index in [1.54, 1.807) is 17.8 Å². The lowest BCUT2D eigenvalue weighted by Crippen LogP contribution is -2.24. The first-order valence-electron chi connectivity index (χ1n) is 7.24. The van der Waals surface area contributed by atoms with Crippen LogP contribution in [-0.2, 0) is 4.79 Å². The van der Waals surface area contributed by atoms with Gasteiger partial charge in [0.05, 0.1) is 6.20 Å². The molecule has 0 fully saturated rings. The van der Waals surface area contributed by atoms with E-state index >= 15 is 0 Å². The summed E-state index contributed by atoms with van der Waals surface area (Å²) in [4.78, 5) is 13.4.